The van der Waals surface area contributed by atoms with Gasteiger partial charge in [-0.1, -0.05) is 23.5 Å². The summed E-state index contributed by atoms with van der Waals surface area (Å²) in [7, 11) is -3.96. The number of hydrogen-bond donors (Lipinski definition) is 4. The van der Waals surface area contributed by atoms with Crippen molar-refractivity contribution >= 4 is 38.1 Å². The molecule has 0 aliphatic rings. The molecular formula is C16H20F3N5O4S2. The highest BCUT2D eigenvalue weighted by Gasteiger charge is 2.51. The van der Waals surface area contributed by atoms with Crippen molar-refractivity contribution in [2.24, 2.45) is 0 Å². The maximum Gasteiger partial charge on any atom is 0.421 e. The van der Waals surface area contributed by atoms with Gasteiger partial charge in [0, 0.05) is 25.2 Å². The number of rotatable bonds is 8. The molecule has 14 heteroatoms. The van der Waals surface area contributed by atoms with Crippen LogP contribution in [0.2, 0.25) is 0 Å². The van der Waals surface area contributed by atoms with Crippen LogP contribution in [0, 0.1) is 0 Å². The summed E-state index contributed by atoms with van der Waals surface area (Å²) in [4.78, 5) is 11.0. The number of carbonyl (C=O) groups is 1. The lowest BCUT2D eigenvalue weighted by Gasteiger charge is -2.27. The first-order valence-electron chi connectivity index (χ1n) is 8.49. The number of hydrogen-bond acceptors (Lipinski definition) is 8. The molecule has 0 bridgehead atoms. The van der Waals surface area contributed by atoms with Crippen LogP contribution in [0.1, 0.15) is 26.3 Å². The van der Waals surface area contributed by atoms with Crippen LogP contribution in [0.3, 0.4) is 0 Å². The quantitative estimate of drug-likeness (QED) is 0.437. The number of amides is 1. The van der Waals surface area contributed by atoms with Crippen molar-refractivity contribution in [3.05, 3.63) is 29.8 Å². The average molecular weight is 467 g/mol. The Balaban J connectivity index is 1.96. The molecule has 4 N–H and O–H groups in total. The number of nitrogens with zero attached hydrogens (tertiary/aromatic N) is 2. The maximum absolute atomic E-state index is 12.9. The van der Waals surface area contributed by atoms with Gasteiger partial charge in [-0.05, 0) is 31.5 Å². The molecule has 1 heterocycles. The summed E-state index contributed by atoms with van der Waals surface area (Å²) in [5, 5.41) is 22.1. The number of carbonyl (C=O) groups excluding carboxylic acids is 1. The van der Waals surface area contributed by atoms with Gasteiger partial charge >= 0.3 is 6.18 Å². The standard InChI is InChI=1S/C16H20F3N5O4S2/c1-9(8-20-30(27,28)14-24-23-13(29-14)22-10(2)25)21-12-6-4-11(5-7-12)15(3,26)16(17,18)19/h4-7,9,20-21,26H,8H2,1-3H3,(H,22,23,25)/t9-,15?/m0/s1. The van der Waals surface area contributed by atoms with Gasteiger partial charge in [-0.3, -0.25) is 4.79 Å². The zero-order chi connectivity index (χ0) is 22.7. The van der Waals surface area contributed by atoms with Crippen LogP contribution in [-0.4, -0.2) is 48.4 Å². The van der Waals surface area contributed by atoms with Gasteiger partial charge in [-0.15, -0.1) is 10.2 Å². The molecule has 1 unspecified atom stereocenters. The molecule has 1 aromatic carbocycles. The van der Waals surface area contributed by atoms with E-state index in [1.807, 2.05) is 0 Å². The van der Waals surface area contributed by atoms with E-state index in [2.05, 4.69) is 25.6 Å². The van der Waals surface area contributed by atoms with Crippen molar-refractivity contribution < 1.29 is 31.5 Å². The van der Waals surface area contributed by atoms with E-state index >= 15 is 0 Å². The van der Waals surface area contributed by atoms with E-state index < -0.39 is 33.7 Å². The van der Waals surface area contributed by atoms with Gasteiger partial charge in [0.2, 0.25) is 15.4 Å². The molecule has 2 aromatic rings. The average Bonchev–Trinajstić information content (AvgIpc) is 3.08. The van der Waals surface area contributed by atoms with Crippen molar-refractivity contribution in [3.8, 4) is 0 Å². The molecule has 9 nitrogen and oxygen atoms in total. The number of aliphatic hydroxyl groups is 1. The van der Waals surface area contributed by atoms with E-state index in [1.54, 1.807) is 6.92 Å². The van der Waals surface area contributed by atoms with Gasteiger partial charge in [0.1, 0.15) is 0 Å². The van der Waals surface area contributed by atoms with Crippen LogP contribution in [0.4, 0.5) is 24.0 Å². The lowest BCUT2D eigenvalue weighted by molar-refractivity contribution is -0.258. The van der Waals surface area contributed by atoms with Crippen molar-refractivity contribution in [3.63, 3.8) is 0 Å². The number of aromatic nitrogens is 2. The Labute approximate surface area is 174 Å². The Bertz CT molecular complexity index is 991. The molecule has 30 heavy (non-hydrogen) atoms. The third-order valence-corrected chi connectivity index (χ3v) is 6.54. The van der Waals surface area contributed by atoms with Crippen LogP contribution >= 0.6 is 11.3 Å². The number of sulfonamides is 1. The topological polar surface area (TPSA) is 133 Å². The molecule has 2 rings (SSSR count). The summed E-state index contributed by atoms with van der Waals surface area (Å²) in [6, 6.07) is 4.54. The number of anilines is 2. The van der Waals surface area contributed by atoms with Crippen LogP contribution in [0.5, 0.6) is 0 Å². The largest absolute Gasteiger partial charge is 0.421 e. The monoisotopic (exact) mass is 467 g/mol. The Morgan fingerprint density at radius 2 is 1.83 bits per heavy atom. The van der Waals surface area contributed by atoms with Crippen LogP contribution in [-0.2, 0) is 20.4 Å². The molecule has 0 spiro atoms. The second kappa shape index (κ2) is 8.83. The van der Waals surface area contributed by atoms with E-state index in [9.17, 15) is 31.5 Å². The SMILES string of the molecule is CC(=O)Nc1nnc(S(=O)(=O)NC[C@H](C)Nc2ccc(C(C)(O)C(F)(F)F)cc2)s1. The summed E-state index contributed by atoms with van der Waals surface area (Å²) in [5.74, 6) is -0.413. The highest BCUT2D eigenvalue weighted by atomic mass is 32.2. The number of halogens is 3. The molecule has 0 aliphatic heterocycles. The number of alkyl halides is 3. The smallest absolute Gasteiger partial charge is 0.381 e. The predicted octanol–water partition coefficient (Wildman–Crippen LogP) is 2.05. The maximum atomic E-state index is 12.9. The van der Waals surface area contributed by atoms with Crippen LogP contribution < -0.4 is 15.4 Å². The van der Waals surface area contributed by atoms with Crippen molar-refractivity contribution in [1.82, 2.24) is 14.9 Å². The first-order valence-corrected chi connectivity index (χ1v) is 10.8. The molecule has 166 valence electrons. The third-order valence-electron chi connectivity index (χ3n) is 3.91. The molecule has 1 amide bonds. The lowest BCUT2D eigenvalue weighted by atomic mass is 9.95. The van der Waals surface area contributed by atoms with Gasteiger partial charge in [0.25, 0.3) is 10.0 Å². The first-order chi connectivity index (χ1) is 13.7. The van der Waals surface area contributed by atoms with E-state index in [-0.39, 0.29) is 21.6 Å². The second-order valence-corrected chi connectivity index (χ2v) is 9.52. The molecule has 2 atom stereocenters. The summed E-state index contributed by atoms with van der Waals surface area (Å²) in [6.45, 7) is 3.51. The molecule has 0 saturated carbocycles. The summed E-state index contributed by atoms with van der Waals surface area (Å²) in [5.41, 5.74) is -2.86. The van der Waals surface area contributed by atoms with E-state index in [4.69, 9.17) is 0 Å². The second-order valence-electron chi connectivity index (χ2n) is 6.60. The Morgan fingerprint density at radius 1 is 1.23 bits per heavy atom. The summed E-state index contributed by atoms with van der Waals surface area (Å²) >= 11 is 0.689. The predicted molar refractivity (Wildman–Crippen MR) is 105 cm³/mol. The Morgan fingerprint density at radius 3 is 2.37 bits per heavy atom. The zero-order valence-corrected chi connectivity index (χ0v) is 17.7. The highest BCUT2D eigenvalue weighted by molar-refractivity contribution is 7.91. The molecule has 0 radical (unpaired) electrons. The van der Waals surface area contributed by atoms with E-state index in [0.29, 0.717) is 23.9 Å². The fraction of sp³-hybridized carbons (Fsp3) is 0.438. The fourth-order valence-corrected chi connectivity index (χ4v) is 4.32. The van der Waals surface area contributed by atoms with Gasteiger partial charge in [0.05, 0.1) is 0 Å². The third kappa shape index (κ3) is 5.87. The van der Waals surface area contributed by atoms with E-state index in [1.165, 1.54) is 19.1 Å². The number of benzene rings is 1. The van der Waals surface area contributed by atoms with Gasteiger partial charge in [-0.25, -0.2) is 13.1 Å². The molecule has 1 aromatic heterocycles. The van der Waals surface area contributed by atoms with E-state index in [0.717, 1.165) is 12.1 Å². The Hall–Kier alpha value is -2.29. The first kappa shape index (κ1) is 24.0. The van der Waals surface area contributed by atoms with Gasteiger partial charge in [-0.2, -0.15) is 13.2 Å². The lowest BCUT2D eigenvalue weighted by Crippen LogP contribution is -2.39. The molecule has 0 fully saturated rings. The van der Waals surface area contributed by atoms with Crippen molar-refractivity contribution in [2.45, 2.75) is 42.9 Å². The Kier molecular flexibility index (Phi) is 7.06. The normalized spacial score (nSPS) is 15.3. The van der Waals surface area contributed by atoms with Gasteiger partial charge in [0.15, 0.2) is 5.60 Å². The molecule has 0 aliphatic carbocycles. The van der Waals surface area contributed by atoms with Crippen LogP contribution in [0.15, 0.2) is 28.6 Å². The van der Waals surface area contributed by atoms with Crippen LogP contribution in [0.25, 0.3) is 0 Å². The minimum Gasteiger partial charge on any atom is -0.381 e. The zero-order valence-electron chi connectivity index (χ0n) is 16.1. The fourth-order valence-electron chi connectivity index (χ4n) is 2.21. The highest BCUT2D eigenvalue weighted by Crippen LogP contribution is 2.38. The minimum atomic E-state index is -4.82. The molecule has 0 saturated heterocycles. The number of nitrogens with one attached hydrogen (secondary N) is 3. The minimum absolute atomic E-state index is 0.0453. The van der Waals surface area contributed by atoms with Crippen molar-refractivity contribution in [2.75, 3.05) is 17.2 Å². The van der Waals surface area contributed by atoms with Crippen molar-refractivity contribution in [1.29, 1.82) is 0 Å². The van der Waals surface area contributed by atoms with Gasteiger partial charge < -0.3 is 15.7 Å². The summed E-state index contributed by atoms with van der Waals surface area (Å²) < 4.78 is 65.2. The summed E-state index contributed by atoms with van der Waals surface area (Å²) in [6.07, 6.45) is -4.82. The molecular weight excluding hydrogens is 447 g/mol.